The van der Waals surface area contributed by atoms with E-state index in [1.807, 2.05) is 19.0 Å². The highest BCUT2D eigenvalue weighted by Gasteiger charge is 2.54. The van der Waals surface area contributed by atoms with Gasteiger partial charge < -0.3 is 15.5 Å². The van der Waals surface area contributed by atoms with Gasteiger partial charge in [0.05, 0.1) is 0 Å². The average Bonchev–Trinajstić information content (AvgIpc) is 2.13. The second kappa shape index (κ2) is 5.68. The van der Waals surface area contributed by atoms with Crippen molar-refractivity contribution in [2.24, 2.45) is 5.73 Å². The molecule has 0 fully saturated rings. The molecule has 0 aromatic heterocycles. The summed E-state index contributed by atoms with van der Waals surface area (Å²) in [7, 11) is 5.03. The molecule has 0 saturated carbocycles. The summed E-state index contributed by atoms with van der Waals surface area (Å²) in [5.74, 6) is -1.11. The molecular formula is C10H20F3N3O. The Morgan fingerprint density at radius 3 is 2.00 bits per heavy atom. The number of carbonyl (C=O) groups is 1. The maximum Gasteiger partial charge on any atom is 0.415 e. The molecule has 0 radical (unpaired) electrons. The molecule has 0 aliphatic carbocycles. The summed E-state index contributed by atoms with van der Waals surface area (Å²) >= 11 is 0. The Morgan fingerprint density at radius 1 is 1.18 bits per heavy atom. The van der Waals surface area contributed by atoms with Gasteiger partial charge in [-0.25, -0.2) is 0 Å². The van der Waals surface area contributed by atoms with Gasteiger partial charge in [-0.05, 0) is 34.0 Å². The summed E-state index contributed by atoms with van der Waals surface area (Å²) in [6.45, 7) is 1.64. The van der Waals surface area contributed by atoms with E-state index >= 15 is 0 Å². The Hall–Kier alpha value is -0.820. The third-order valence-electron chi connectivity index (χ3n) is 2.48. The molecule has 0 saturated heterocycles. The number of hydrogen-bond donors (Lipinski definition) is 1. The van der Waals surface area contributed by atoms with Crippen LogP contribution in [-0.4, -0.2) is 61.7 Å². The fourth-order valence-electron chi connectivity index (χ4n) is 1.24. The zero-order valence-electron chi connectivity index (χ0n) is 10.6. The second-order valence-corrected chi connectivity index (χ2v) is 4.58. The van der Waals surface area contributed by atoms with Crippen molar-refractivity contribution < 1.29 is 18.0 Å². The normalized spacial score (nSPS) is 15.8. The van der Waals surface area contributed by atoms with Crippen LogP contribution in [0, 0.1) is 0 Å². The van der Waals surface area contributed by atoms with Crippen molar-refractivity contribution in [1.82, 2.24) is 9.80 Å². The first kappa shape index (κ1) is 16.2. The van der Waals surface area contributed by atoms with E-state index in [0.717, 1.165) is 4.90 Å². The van der Waals surface area contributed by atoms with Crippen LogP contribution in [-0.2, 0) is 4.79 Å². The highest BCUT2D eigenvalue weighted by Crippen LogP contribution is 2.29. The molecule has 4 nitrogen and oxygen atoms in total. The molecule has 0 bridgehead atoms. The number of amides is 1. The van der Waals surface area contributed by atoms with E-state index in [1.54, 1.807) is 0 Å². The second-order valence-electron chi connectivity index (χ2n) is 4.58. The standard InChI is InChI=1S/C10H20F3N3O/c1-9(14,10(11,12)13)8(17)16(4)7-5-6-15(2)3/h5-7,14H2,1-4H3. The predicted octanol–water partition coefficient (Wildman–Crippen LogP) is 0.676. The number of alkyl halides is 3. The topological polar surface area (TPSA) is 49.6 Å². The van der Waals surface area contributed by atoms with E-state index in [2.05, 4.69) is 0 Å². The van der Waals surface area contributed by atoms with Gasteiger partial charge in [0.1, 0.15) is 0 Å². The molecule has 1 unspecified atom stereocenters. The summed E-state index contributed by atoms with van der Waals surface area (Å²) in [5.41, 5.74) is 2.22. The van der Waals surface area contributed by atoms with Gasteiger partial charge in [0.2, 0.25) is 0 Å². The Morgan fingerprint density at radius 2 is 1.65 bits per heavy atom. The Balaban J connectivity index is 4.40. The zero-order valence-corrected chi connectivity index (χ0v) is 10.6. The molecule has 0 aliphatic heterocycles. The van der Waals surface area contributed by atoms with Crippen LogP contribution in [0.25, 0.3) is 0 Å². The van der Waals surface area contributed by atoms with Crippen molar-refractivity contribution in [3.8, 4) is 0 Å². The van der Waals surface area contributed by atoms with Crippen LogP contribution >= 0.6 is 0 Å². The number of likely N-dealkylation sites (N-methyl/N-ethyl adjacent to an activating group) is 1. The third kappa shape index (κ3) is 4.51. The number of carbonyl (C=O) groups excluding carboxylic acids is 1. The van der Waals surface area contributed by atoms with Gasteiger partial charge in [-0.1, -0.05) is 0 Å². The summed E-state index contributed by atoms with van der Waals surface area (Å²) in [6, 6.07) is 0. The number of halogens is 3. The van der Waals surface area contributed by atoms with Crippen LogP contribution in [0.3, 0.4) is 0 Å². The number of nitrogens with zero attached hydrogens (tertiary/aromatic N) is 2. The lowest BCUT2D eigenvalue weighted by Crippen LogP contribution is -2.61. The van der Waals surface area contributed by atoms with Crippen molar-refractivity contribution in [3.63, 3.8) is 0 Å². The highest BCUT2D eigenvalue weighted by atomic mass is 19.4. The van der Waals surface area contributed by atoms with Crippen LogP contribution in [0.15, 0.2) is 0 Å². The Kier molecular flexibility index (Phi) is 5.41. The van der Waals surface area contributed by atoms with Crippen LogP contribution in [0.4, 0.5) is 13.2 Å². The minimum absolute atomic E-state index is 0.250. The highest BCUT2D eigenvalue weighted by molar-refractivity contribution is 5.86. The molecule has 1 atom stereocenters. The number of hydrogen-bond acceptors (Lipinski definition) is 3. The maximum atomic E-state index is 12.5. The SMILES string of the molecule is CN(C)CCCN(C)C(=O)C(C)(N)C(F)(F)F. The van der Waals surface area contributed by atoms with Crippen molar-refractivity contribution in [1.29, 1.82) is 0 Å². The van der Waals surface area contributed by atoms with E-state index < -0.39 is 17.6 Å². The van der Waals surface area contributed by atoms with E-state index in [0.29, 0.717) is 19.9 Å². The molecule has 0 aromatic rings. The smallest absolute Gasteiger partial charge is 0.344 e. The molecule has 0 heterocycles. The maximum absolute atomic E-state index is 12.5. The van der Waals surface area contributed by atoms with Gasteiger partial charge in [0.15, 0.2) is 5.54 Å². The van der Waals surface area contributed by atoms with Crippen molar-refractivity contribution in [2.45, 2.75) is 25.1 Å². The van der Waals surface area contributed by atoms with E-state index in [9.17, 15) is 18.0 Å². The minimum Gasteiger partial charge on any atom is -0.344 e. The van der Waals surface area contributed by atoms with Gasteiger partial charge >= 0.3 is 6.18 Å². The first-order chi connectivity index (χ1) is 7.50. The van der Waals surface area contributed by atoms with Crippen LogP contribution in [0.5, 0.6) is 0 Å². The lowest BCUT2D eigenvalue weighted by atomic mass is 10.0. The van der Waals surface area contributed by atoms with Crippen molar-refractivity contribution in [3.05, 3.63) is 0 Å². The third-order valence-corrected chi connectivity index (χ3v) is 2.48. The van der Waals surface area contributed by atoms with Crippen molar-refractivity contribution in [2.75, 3.05) is 34.2 Å². The largest absolute Gasteiger partial charge is 0.415 e. The molecule has 7 heteroatoms. The first-order valence-electron chi connectivity index (χ1n) is 5.26. The van der Waals surface area contributed by atoms with E-state index in [-0.39, 0.29) is 6.54 Å². The lowest BCUT2D eigenvalue weighted by molar-refractivity contribution is -0.193. The quantitative estimate of drug-likeness (QED) is 0.786. The fraction of sp³-hybridized carbons (Fsp3) is 0.900. The molecule has 0 aliphatic rings. The summed E-state index contributed by atoms with van der Waals surface area (Å²) in [4.78, 5) is 14.5. The number of nitrogens with two attached hydrogens (primary N) is 1. The molecular weight excluding hydrogens is 235 g/mol. The molecule has 17 heavy (non-hydrogen) atoms. The lowest BCUT2D eigenvalue weighted by Gasteiger charge is -2.31. The summed E-state index contributed by atoms with van der Waals surface area (Å²) in [6.07, 6.45) is -4.14. The zero-order chi connectivity index (χ0) is 13.9. The molecule has 0 rings (SSSR count). The molecule has 0 spiro atoms. The average molecular weight is 255 g/mol. The molecule has 0 aromatic carbocycles. The van der Waals surface area contributed by atoms with Crippen LogP contribution in [0.1, 0.15) is 13.3 Å². The van der Waals surface area contributed by atoms with Gasteiger partial charge in [0, 0.05) is 13.6 Å². The van der Waals surface area contributed by atoms with Crippen LogP contribution in [0.2, 0.25) is 0 Å². The van der Waals surface area contributed by atoms with E-state index in [4.69, 9.17) is 5.73 Å². The summed E-state index contributed by atoms with van der Waals surface area (Å²) < 4.78 is 37.5. The number of rotatable bonds is 5. The first-order valence-corrected chi connectivity index (χ1v) is 5.26. The van der Waals surface area contributed by atoms with Gasteiger partial charge in [-0.2, -0.15) is 13.2 Å². The Labute approximate surface area is 99.5 Å². The van der Waals surface area contributed by atoms with Gasteiger partial charge in [-0.15, -0.1) is 0 Å². The monoisotopic (exact) mass is 255 g/mol. The predicted molar refractivity (Wildman–Crippen MR) is 59.5 cm³/mol. The minimum atomic E-state index is -4.74. The van der Waals surface area contributed by atoms with Crippen LogP contribution < -0.4 is 5.73 Å². The van der Waals surface area contributed by atoms with E-state index in [1.165, 1.54) is 7.05 Å². The molecule has 2 N–H and O–H groups in total. The fourth-order valence-corrected chi connectivity index (χ4v) is 1.24. The van der Waals surface area contributed by atoms with Gasteiger partial charge in [0.25, 0.3) is 5.91 Å². The van der Waals surface area contributed by atoms with Crippen molar-refractivity contribution >= 4 is 5.91 Å². The van der Waals surface area contributed by atoms with Gasteiger partial charge in [-0.3, -0.25) is 4.79 Å². The molecule has 1 amide bonds. The molecule has 102 valence electrons. The summed E-state index contributed by atoms with van der Waals surface area (Å²) in [5, 5.41) is 0. The Bertz CT molecular complexity index is 264.